The van der Waals surface area contributed by atoms with Crippen LogP contribution in [0.5, 0.6) is 0 Å². The fourth-order valence-corrected chi connectivity index (χ4v) is 0. The quantitative estimate of drug-likeness (QED) is 0.390. The van der Waals surface area contributed by atoms with Gasteiger partial charge in [0.05, 0.1) is 0 Å². The zero-order chi connectivity index (χ0) is 2.00. The molecule has 0 aliphatic rings. The van der Waals surface area contributed by atoms with E-state index in [4.69, 9.17) is 0 Å². The van der Waals surface area contributed by atoms with Crippen molar-refractivity contribution in [1.82, 2.24) is 6.15 Å². The van der Waals surface area contributed by atoms with E-state index in [9.17, 15) is 0 Å². The van der Waals surface area contributed by atoms with Gasteiger partial charge < -0.3 is 6.15 Å². The third-order valence-corrected chi connectivity index (χ3v) is 0. The van der Waals surface area contributed by atoms with E-state index in [1.807, 2.05) is 0 Å². The molecular weight excluding hydrogens is 47.6 g/mol. The molecule has 3 N–H and O–H groups in total. The van der Waals surface area contributed by atoms with E-state index < -0.39 is 0 Å². The molecule has 0 saturated carbocycles. The van der Waals surface area contributed by atoms with Gasteiger partial charge in [-0.1, -0.05) is 7.43 Å². The smallest absolute Gasteiger partial charge is 0 e. The van der Waals surface area contributed by atoms with E-state index >= 15 is 0 Å². The first-order chi connectivity index (χ1) is 1.00. The second-order valence-corrected chi connectivity index (χ2v) is 0. The van der Waals surface area contributed by atoms with Gasteiger partial charge in [0.2, 0.25) is 0 Å². The van der Waals surface area contributed by atoms with Crippen molar-refractivity contribution in [2.75, 3.05) is 0 Å². The molecule has 4 heavy (non-hydrogen) atoms. The van der Waals surface area contributed by atoms with Crippen LogP contribution in [0.3, 0.4) is 0 Å². The van der Waals surface area contributed by atoms with Crippen LogP contribution in [0.25, 0.3) is 0 Å². The first kappa shape index (κ1) is 32.9. The molecule has 0 aromatic heterocycles. The Morgan fingerprint density at radius 1 is 1.00 bits per heavy atom. The summed E-state index contributed by atoms with van der Waals surface area (Å²) < 4.78 is 0. The third-order valence-electron chi connectivity index (χ3n) is 0. The van der Waals surface area contributed by atoms with Crippen molar-refractivity contribution in [3.63, 3.8) is 0 Å². The maximum atomic E-state index is 4.00. The van der Waals surface area contributed by atoms with Gasteiger partial charge in [-0.3, -0.25) is 0 Å². The van der Waals surface area contributed by atoms with Crippen LogP contribution in [0.4, 0.5) is 0 Å². The van der Waals surface area contributed by atoms with Crippen molar-refractivity contribution in [1.29, 1.82) is 0 Å². The molecule has 22 valence electrons. The molecule has 0 aromatic carbocycles. The lowest BCUT2D eigenvalue weighted by molar-refractivity contribution is 2.13. The Kier molecular flexibility index (Phi) is 13700. The van der Waals surface area contributed by atoms with Gasteiger partial charge in [0.15, 0.2) is 0 Å². The van der Waals surface area contributed by atoms with Gasteiger partial charge in [-0.25, -0.2) is 0 Å². The second kappa shape index (κ2) is 1670. The Labute approximate surface area is 30.2 Å². The normalized spacial score (nSPS) is 1.00. The van der Waals surface area contributed by atoms with E-state index in [1.54, 1.807) is 0 Å². The highest BCUT2D eigenvalue weighted by atomic mass is 14.0. The molecule has 0 aliphatic heterocycles. The van der Waals surface area contributed by atoms with Gasteiger partial charge in [-0.05, 0) is 0 Å². The van der Waals surface area contributed by atoms with E-state index in [0.29, 0.717) is 0 Å². The average Bonchev–Trinajstić information content (AvgIpc) is 1.00. The van der Waals surface area contributed by atoms with Crippen molar-refractivity contribution in [2.24, 2.45) is 0 Å². The van der Waals surface area contributed by atoms with Crippen LogP contribution in [0.2, 0.25) is 0 Å². The van der Waals surface area contributed by atoms with Crippen LogP contribution >= 0.6 is 0 Å². The molecule has 0 rings (SSSR count). The van der Waals surface area contributed by atoms with Crippen molar-refractivity contribution in [2.45, 2.75) is 7.43 Å². The largest absolute Gasteiger partial charge is 0.344 e. The molecule has 0 saturated heterocycles. The zero-order valence-electron chi connectivity index (χ0n) is 1.86. The minimum absolute atomic E-state index is 0. The van der Waals surface area contributed by atoms with Crippen molar-refractivity contribution < 1.29 is 0 Å². The monoisotopic (exact) mass is 55.1 g/mol. The SMILES string of the molecule is C.N.[B][B]. The van der Waals surface area contributed by atoms with Crippen LogP contribution in [0.15, 0.2) is 0 Å². The molecule has 0 fully saturated rings. The molecule has 4 radical (unpaired) electrons. The Morgan fingerprint density at radius 2 is 1.00 bits per heavy atom. The zero-order valence-corrected chi connectivity index (χ0v) is 1.86. The molecule has 1 nitrogen and oxygen atoms in total. The van der Waals surface area contributed by atoms with Crippen molar-refractivity contribution >= 4 is 15.5 Å². The average molecular weight is 54.7 g/mol. The number of rotatable bonds is 0. The van der Waals surface area contributed by atoms with Gasteiger partial charge in [-0.15, -0.1) is 0 Å². The maximum Gasteiger partial charge on any atom is 0 e. The molecule has 0 unspecified atom stereocenters. The number of hydrogen-bond acceptors (Lipinski definition) is 1. The summed E-state index contributed by atoms with van der Waals surface area (Å²) in [6.45, 7) is 0. The summed E-state index contributed by atoms with van der Waals surface area (Å²) in [5.74, 6) is 0. The molecule has 0 spiro atoms. The first-order valence-electron chi connectivity index (χ1n) is 0.333. The summed E-state index contributed by atoms with van der Waals surface area (Å²) in [5.41, 5.74) is 0. The van der Waals surface area contributed by atoms with Crippen LogP contribution < -0.4 is 6.15 Å². The van der Waals surface area contributed by atoms with Gasteiger partial charge >= 0.3 is 0 Å². The second-order valence-electron chi connectivity index (χ2n) is 0. The van der Waals surface area contributed by atoms with Gasteiger partial charge in [-0.2, -0.15) is 0 Å². The van der Waals surface area contributed by atoms with Gasteiger partial charge in [0.25, 0.3) is 0 Å². The highest BCUT2D eigenvalue weighted by Crippen LogP contribution is 0.619. The van der Waals surface area contributed by atoms with Crippen LogP contribution in [-0.4, -0.2) is 15.5 Å². The summed E-state index contributed by atoms with van der Waals surface area (Å²) in [4.78, 5) is 0. The summed E-state index contributed by atoms with van der Waals surface area (Å²) in [6, 6.07) is 0. The van der Waals surface area contributed by atoms with Gasteiger partial charge in [0.1, 0.15) is 0 Å². The van der Waals surface area contributed by atoms with E-state index in [-0.39, 0.29) is 13.6 Å². The van der Waals surface area contributed by atoms with Crippen LogP contribution in [0.1, 0.15) is 7.43 Å². The number of hydrogen-bond donors (Lipinski definition) is 1. The summed E-state index contributed by atoms with van der Waals surface area (Å²) in [6.07, 6.45) is 0. The van der Waals surface area contributed by atoms with Crippen molar-refractivity contribution in [3.05, 3.63) is 0 Å². The lowest BCUT2D eigenvalue weighted by Gasteiger charge is -1.00. The van der Waals surface area contributed by atoms with Gasteiger partial charge in [0, 0.05) is 15.5 Å². The Balaban J connectivity index is -0.00000000500. The Bertz CT molecular complexity index is 6.00. The lowest BCUT2D eigenvalue weighted by Crippen LogP contribution is -1.38. The molecule has 0 atom stereocenters. The summed E-state index contributed by atoms with van der Waals surface area (Å²) in [7, 11) is 8.00. The summed E-state index contributed by atoms with van der Waals surface area (Å²) >= 11 is 0. The van der Waals surface area contributed by atoms with E-state index in [0.717, 1.165) is 0 Å². The molecule has 0 amide bonds. The fourth-order valence-electron chi connectivity index (χ4n) is 0. The third kappa shape index (κ3) is 307. The van der Waals surface area contributed by atoms with Crippen molar-refractivity contribution in [3.8, 4) is 0 Å². The lowest BCUT2D eigenvalue weighted by atomic mass is 9.81. The standard InChI is InChI=1S/CH4.B2.H3N/c;1-2;/h1H4;;1H3. The molecule has 0 aromatic rings. The molecule has 0 bridgehead atoms. The highest BCUT2D eigenvalue weighted by Gasteiger charge is 1.00. The van der Waals surface area contributed by atoms with E-state index in [1.165, 1.54) is 0 Å². The minimum Gasteiger partial charge on any atom is -0.344 e. The molecule has 0 aliphatic carbocycles. The maximum absolute atomic E-state index is 4.00. The Hall–Kier alpha value is 0.0899. The predicted octanol–water partition coefficient (Wildman–Crippen LogP) is 0.0365. The fraction of sp³-hybridized carbons (Fsp3) is 1.00. The predicted molar refractivity (Wildman–Crippen MR) is 23.3 cm³/mol. The first-order valence-corrected chi connectivity index (χ1v) is 0.333. The Morgan fingerprint density at radius 3 is 1.00 bits per heavy atom. The van der Waals surface area contributed by atoms with Crippen LogP contribution in [-0.2, 0) is 0 Å². The minimum atomic E-state index is 0. The van der Waals surface area contributed by atoms with Crippen LogP contribution in [0, 0.1) is 0 Å². The molecular formula is CH7B2N. The molecule has 3 heteroatoms. The molecule has 0 heterocycles. The summed E-state index contributed by atoms with van der Waals surface area (Å²) in [5, 5.41) is 0. The topological polar surface area (TPSA) is 35.0 Å². The van der Waals surface area contributed by atoms with E-state index in [2.05, 4.69) is 15.5 Å². The highest BCUT2D eigenvalue weighted by molar-refractivity contribution is 6.75.